The van der Waals surface area contributed by atoms with Crippen LogP contribution >= 0.6 is 27.7 Å². The number of rotatable bonds is 7. The number of nitrogens with one attached hydrogen (secondary N) is 1. The highest BCUT2D eigenvalue weighted by Crippen LogP contribution is 2.25. The number of carbonyl (C=O) groups excluding carboxylic acids is 1. The van der Waals surface area contributed by atoms with E-state index in [1.54, 1.807) is 6.21 Å². The molecule has 0 atom stereocenters. The molecule has 0 saturated heterocycles. The molecule has 1 N–H and O–H groups in total. The first-order valence-corrected chi connectivity index (χ1v) is 11.6. The smallest absolute Gasteiger partial charge is 0.250 e. The number of hydrogen-bond donors (Lipinski definition) is 1. The van der Waals surface area contributed by atoms with Crippen molar-refractivity contribution < 1.29 is 4.79 Å². The summed E-state index contributed by atoms with van der Waals surface area (Å²) >= 11 is 4.83. The molecule has 1 heterocycles. The lowest BCUT2D eigenvalue weighted by Crippen LogP contribution is -2.20. The molecular formula is C24H21BrN4OS. The van der Waals surface area contributed by atoms with Crippen LogP contribution in [0.15, 0.2) is 87.5 Å². The van der Waals surface area contributed by atoms with Crippen molar-refractivity contribution in [3.63, 3.8) is 0 Å². The third kappa shape index (κ3) is 5.62. The van der Waals surface area contributed by atoms with E-state index < -0.39 is 0 Å². The Morgan fingerprint density at radius 2 is 1.94 bits per heavy atom. The minimum Gasteiger partial charge on any atom is -0.314 e. The van der Waals surface area contributed by atoms with Crippen LogP contribution in [0.1, 0.15) is 16.7 Å². The van der Waals surface area contributed by atoms with E-state index in [4.69, 9.17) is 4.98 Å². The molecule has 7 heteroatoms. The SMILES string of the molecule is Cc1ccc(Cn2c(SCC(=O)N/N=C/c3cccc(Br)c3)nc3ccccc32)cc1. The first-order chi connectivity index (χ1) is 15.1. The van der Waals surface area contributed by atoms with E-state index in [1.165, 1.54) is 22.9 Å². The second-order valence-corrected chi connectivity index (χ2v) is 8.95. The van der Waals surface area contributed by atoms with Crippen molar-refractivity contribution in [1.82, 2.24) is 15.0 Å². The lowest BCUT2D eigenvalue weighted by Gasteiger charge is -2.09. The summed E-state index contributed by atoms with van der Waals surface area (Å²) in [6.07, 6.45) is 1.62. The van der Waals surface area contributed by atoms with Gasteiger partial charge in [-0.25, -0.2) is 10.4 Å². The summed E-state index contributed by atoms with van der Waals surface area (Å²) in [7, 11) is 0. The summed E-state index contributed by atoms with van der Waals surface area (Å²) in [6.45, 7) is 2.78. The van der Waals surface area contributed by atoms with Crippen LogP contribution in [-0.4, -0.2) is 27.4 Å². The topological polar surface area (TPSA) is 59.3 Å². The van der Waals surface area contributed by atoms with Crippen LogP contribution in [0, 0.1) is 6.92 Å². The van der Waals surface area contributed by atoms with Crippen molar-refractivity contribution in [1.29, 1.82) is 0 Å². The van der Waals surface area contributed by atoms with Crippen molar-refractivity contribution in [2.45, 2.75) is 18.6 Å². The number of nitrogens with zero attached hydrogens (tertiary/aromatic N) is 3. The molecule has 0 radical (unpaired) electrons. The van der Waals surface area contributed by atoms with Gasteiger partial charge in [-0.3, -0.25) is 4.79 Å². The van der Waals surface area contributed by atoms with Gasteiger partial charge < -0.3 is 4.57 Å². The maximum atomic E-state index is 12.3. The van der Waals surface area contributed by atoms with Gasteiger partial charge >= 0.3 is 0 Å². The van der Waals surface area contributed by atoms with Crippen LogP contribution in [0.5, 0.6) is 0 Å². The molecule has 156 valence electrons. The van der Waals surface area contributed by atoms with E-state index in [9.17, 15) is 4.79 Å². The Morgan fingerprint density at radius 3 is 2.74 bits per heavy atom. The fraction of sp³-hybridized carbons (Fsp3) is 0.125. The molecule has 4 rings (SSSR count). The lowest BCUT2D eigenvalue weighted by molar-refractivity contribution is -0.118. The average molecular weight is 493 g/mol. The average Bonchev–Trinajstić information content (AvgIpc) is 3.11. The number of fused-ring (bicyclic) bond motifs is 1. The van der Waals surface area contributed by atoms with Crippen molar-refractivity contribution in [3.05, 3.63) is 94.0 Å². The number of para-hydroxylation sites is 2. The third-order valence-electron chi connectivity index (χ3n) is 4.66. The highest BCUT2D eigenvalue weighted by atomic mass is 79.9. The fourth-order valence-corrected chi connectivity index (χ4v) is 4.34. The maximum absolute atomic E-state index is 12.3. The van der Waals surface area contributed by atoms with Gasteiger partial charge in [0.15, 0.2) is 5.16 Å². The number of carbonyl (C=O) groups is 1. The monoisotopic (exact) mass is 492 g/mol. The number of hydrazone groups is 1. The Kier molecular flexibility index (Phi) is 6.84. The highest BCUT2D eigenvalue weighted by molar-refractivity contribution is 9.10. The second kappa shape index (κ2) is 9.94. The number of halogens is 1. The number of benzene rings is 3. The van der Waals surface area contributed by atoms with Crippen LogP contribution in [0.3, 0.4) is 0 Å². The van der Waals surface area contributed by atoms with Crippen molar-refractivity contribution in [2.24, 2.45) is 5.10 Å². The molecule has 0 unspecified atom stereocenters. The molecule has 0 aliphatic rings. The number of thioether (sulfide) groups is 1. The van der Waals surface area contributed by atoms with Gasteiger partial charge in [-0.1, -0.05) is 81.8 Å². The third-order valence-corrected chi connectivity index (χ3v) is 6.13. The molecule has 5 nitrogen and oxygen atoms in total. The molecular weight excluding hydrogens is 472 g/mol. The zero-order valence-corrected chi connectivity index (χ0v) is 19.4. The van der Waals surface area contributed by atoms with Gasteiger partial charge in [-0.05, 0) is 42.3 Å². The number of imidazole rings is 1. The van der Waals surface area contributed by atoms with E-state index >= 15 is 0 Å². The predicted octanol–water partition coefficient (Wildman–Crippen LogP) is 5.40. The van der Waals surface area contributed by atoms with Gasteiger partial charge in [0.2, 0.25) is 0 Å². The van der Waals surface area contributed by atoms with E-state index in [2.05, 4.69) is 68.3 Å². The molecule has 0 saturated carbocycles. The van der Waals surface area contributed by atoms with Crippen molar-refractivity contribution in [3.8, 4) is 0 Å². The highest BCUT2D eigenvalue weighted by Gasteiger charge is 2.13. The Morgan fingerprint density at radius 1 is 1.13 bits per heavy atom. The van der Waals surface area contributed by atoms with E-state index in [1.807, 2.05) is 42.5 Å². The first-order valence-electron chi connectivity index (χ1n) is 9.79. The maximum Gasteiger partial charge on any atom is 0.250 e. The first kappa shape index (κ1) is 21.3. The van der Waals surface area contributed by atoms with Gasteiger partial charge in [0.1, 0.15) is 0 Å². The molecule has 3 aromatic carbocycles. The van der Waals surface area contributed by atoms with Gasteiger partial charge in [-0.15, -0.1) is 0 Å². The largest absolute Gasteiger partial charge is 0.314 e. The zero-order valence-electron chi connectivity index (χ0n) is 17.0. The summed E-state index contributed by atoms with van der Waals surface area (Å²) in [6, 6.07) is 24.2. The number of aromatic nitrogens is 2. The molecule has 31 heavy (non-hydrogen) atoms. The minimum absolute atomic E-state index is 0.176. The van der Waals surface area contributed by atoms with Crippen LogP contribution < -0.4 is 5.43 Å². The normalized spacial score (nSPS) is 11.3. The van der Waals surface area contributed by atoms with Crippen molar-refractivity contribution in [2.75, 3.05) is 5.75 Å². The molecule has 1 aromatic heterocycles. The Hall–Kier alpha value is -2.90. The predicted molar refractivity (Wildman–Crippen MR) is 131 cm³/mol. The number of hydrogen-bond acceptors (Lipinski definition) is 4. The second-order valence-electron chi connectivity index (χ2n) is 7.09. The lowest BCUT2D eigenvalue weighted by atomic mass is 10.1. The van der Waals surface area contributed by atoms with E-state index in [0.717, 1.165) is 26.2 Å². The quantitative estimate of drug-likeness (QED) is 0.213. The molecule has 1 amide bonds. The summed E-state index contributed by atoms with van der Waals surface area (Å²) in [5.74, 6) is 0.0535. The summed E-state index contributed by atoms with van der Waals surface area (Å²) in [5.41, 5.74) is 7.89. The van der Waals surface area contributed by atoms with Crippen molar-refractivity contribution >= 4 is 50.8 Å². The van der Waals surface area contributed by atoms with Crippen LogP contribution in [0.2, 0.25) is 0 Å². The number of aryl methyl sites for hydroxylation is 1. The van der Waals surface area contributed by atoms with Crippen LogP contribution in [0.4, 0.5) is 0 Å². The van der Waals surface area contributed by atoms with Gasteiger partial charge in [0.05, 0.1) is 29.5 Å². The minimum atomic E-state index is -0.176. The molecule has 0 aliphatic carbocycles. The molecule has 0 bridgehead atoms. The summed E-state index contributed by atoms with van der Waals surface area (Å²) < 4.78 is 3.12. The summed E-state index contributed by atoms with van der Waals surface area (Å²) in [4.78, 5) is 17.0. The van der Waals surface area contributed by atoms with E-state index in [-0.39, 0.29) is 11.7 Å². The number of amides is 1. The summed E-state index contributed by atoms with van der Waals surface area (Å²) in [5, 5.41) is 4.86. The van der Waals surface area contributed by atoms with Gasteiger partial charge in [-0.2, -0.15) is 5.10 Å². The van der Waals surface area contributed by atoms with E-state index in [0.29, 0.717) is 6.54 Å². The Balaban J connectivity index is 1.45. The molecule has 0 spiro atoms. The Bertz CT molecular complexity index is 1230. The molecule has 0 aliphatic heterocycles. The molecule has 0 fully saturated rings. The van der Waals surface area contributed by atoms with Gasteiger partial charge in [0.25, 0.3) is 5.91 Å². The van der Waals surface area contributed by atoms with Crippen LogP contribution in [-0.2, 0) is 11.3 Å². The molecule has 4 aromatic rings. The van der Waals surface area contributed by atoms with Crippen LogP contribution in [0.25, 0.3) is 11.0 Å². The van der Waals surface area contributed by atoms with Gasteiger partial charge in [0, 0.05) is 4.47 Å². The zero-order chi connectivity index (χ0) is 21.6. The standard InChI is InChI=1S/C24H21BrN4OS/c1-17-9-11-18(12-10-17)15-29-22-8-3-2-7-21(22)27-24(29)31-16-23(30)28-26-14-19-5-4-6-20(25)13-19/h2-14H,15-16H2,1H3,(H,28,30)/b26-14+. The fourth-order valence-electron chi connectivity index (χ4n) is 3.12. The Labute approximate surface area is 193 Å².